The van der Waals surface area contributed by atoms with E-state index in [1.165, 1.54) is 0 Å². The largest absolute Gasteiger partial charge is 0.445 e. The Morgan fingerprint density at radius 1 is 1.54 bits per heavy atom. The summed E-state index contributed by atoms with van der Waals surface area (Å²) < 4.78 is 3.00. The number of nitrogens with one attached hydrogen (secondary N) is 1. The predicted octanol–water partition coefficient (Wildman–Crippen LogP) is 2.66. The van der Waals surface area contributed by atoms with E-state index in [9.17, 15) is 4.79 Å². The zero-order chi connectivity index (χ0) is 10.5. The molecule has 0 aliphatic heterocycles. The Morgan fingerprint density at radius 3 is 2.46 bits per heavy atom. The van der Waals surface area contributed by atoms with Gasteiger partial charge in [0.1, 0.15) is 6.61 Å². The molecule has 0 aliphatic carbocycles. The van der Waals surface area contributed by atoms with E-state index in [0.29, 0.717) is 6.54 Å². The van der Waals surface area contributed by atoms with Crippen LogP contribution in [0.1, 0.15) is 6.92 Å². The maximum Gasteiger partial charge on any atom is 0.407 e. The smallest absolute Gasteiger partial charge is 0.407 e. The first-order valence-corrected chi connectivity index (χ1v) is 4.56. The van der Waals surface area contributed by atoms with Crippen LogP contribution in [-0.2, 0) is 4.74 Å². The molecule has 0 aliphatic rings. The highest BCUT2D eigenvalue weighted by molar-refractivity contribution is 6.67. The lowest BCUT2D eigenvalue weighted by Crippen LogP contribution is -2.28. The van der Waals surface area contributed by atoms with Gasteiger partial charge in [0.25, 0.3) is 0 Å². The van der Waals surface area contributed by atoms with Crippen molar-refractivity contribution in [2.24, 2.45) is 0 Å². The number of amides is 1. The minimum Gasteiger partial charge on any atom is -0.445 e. The van der Waals surface area contributed by atoms with Crippen LogP contribution >= 0.6 is 34.8 Å². The SMILES string of the molecule is C=C(C)CNC(=O)OCC(Cl)(Cl)Cl. The minimum atomic E-state index is -1.57. The Hall–Kier alpha value is -0.120. The van der Waals surface area contributed by atoms with Crippen molar-refractivity contribution in [3.63, 3.8) is 0 Å². The molecule has 0 fully saturated rings. The molecular formula is C7H10Cl3NO2. The molecule has 3 nitrogen and oxygen atoms in total. The highest BCUT2D eigenvalue weighted by Gasteiger charge is 2.21. The monoisotopic (exact) mass is 245 g/mol. The highest BCUT2D eigenvalue weighted by atomic mass is 35.6. The maximum atomic E-state index is 10.8. The molecule has 6 heteroatoms. The highest BCUT2D eigenvalue weighted by Crippen LogP contribution is 2.25. The second kappa shape index (κ2) is 5.58. The summed E-state index contributed by atoms with van der Waals surface area (Å²) >= 11 is 16.0. The van der Waals surface area contributed by atoms with Crippen LogP contribution in [0.25, 0.3) is 0 Å². The molecule has 1 amide bonds. The molecule has 0 saturated heterocycles. The van der Waals surface area contributed by atoms with E-state index in [4.69, 9.17) is 34.8 Å². The van der Waals surface area contributed by atoms with Gasteiger partial charge in [0.15, 0.2) is 0 Å². The Labute approximate surface area is 92.0 Å². The molecular weight excluding hydrogens is 236 g/mol. The van der Waals surface area contributed by atoms with Crippen molar-refractivity contribution in [3.8, 4) is 0 Å². The van der Waals surface area contributed by atoms with Gasteiger partial charge in [-0.1, -0.05) is 47.0 Å². The lowest BCUT2D eigenvalue weighted by Gasteiger charge is -2.11. The summed E-state index contributed by atoms with van der Waals surface area (Å²) in [5.74, 6) is 0. The third kappa shape index (κ3) is 9.80. The first-order valence-electron chi connectivity index (χ1n) is 3.43. The van der Waals surface area contributed by atoms with E-state index >= 15 is 0 Å². The van der Waals surface area contributed by atoms with Crippen molar-refractivity contribution >= 4 is 40.9 Å². The van der Waals surface area contributed by atoms with Gasteiger partial charge in [-0.25, -0.2) is 4.79 Å². The molecule has 0 aromatic heterocycles. The van der Waals surface area contributed by atoms with E-state index in [1.807, 2.05) is 0 Å². The van der Waals surface area contributed by atoms with Gasteiger partial charge in [-0.2, -0.15) is 0 Å². The summed E-state index contributed by atoms with van der Waals surface area (Å²) in [6, 6.07) is 0. The Bertz CT molecular complexity index is 200. The average molecular weight is 247 g/mol. The zero-order valence-electron chi connectivity index (χ0n) is 7.07. The second-order valence-electron chi connectivity index (χ2n) is 2.50. The van der Waals surface area contributed by atoms with Gasteiger partial charge in [-0.05, 0) is 6.92 Å². The number of rotatable bonds is 3. The van der Waals surface area contributed by atoms with Crippen molar-refractivity contribution < 1.29 is 9.53 Å². The van der Waals surface area contributed by atoms with E-state index in [0.717, 1.165) is 5.57 Å². The molecule has 76 valence electrons. The van der Waals surface area contributed by atoms with Gasteiger partial charge < -0.3 is 10.1 Å². The van der Waals surface area contributed by atoms with E-state index in [1.54, 1.807) is 6.92 Å². The van der Waals surface area contributed by atoms with Crippen LogP contribution in [0, 0.1) is 0 Å². The molecule has 0 heterocycles. The van der Waals surface area contributed by atoms with E-state index in [2.05, 4.69) is 16.6 Å². The number of carbonyl (C=O) groups excluding carboxylic acids is 1. The maximum absolute atomic E-state index is 10.8. The minimum absolute atomic E-state index is 0.278. The molecule has 0 atom stereocenters. The number of halogens is 3. The van der Waals surface area contributed by atoms with Crippen molar-refractivity contribution in [2.45, 2.75) is 10.7 Å². The first-order chi connectivity index (χ1) is 5.81. The fourth-order valence-corrected chi connectivity index (χ4v) is 0.585. The van der Waals surface area contributed by atoms with Crippen molar-refractivity contribution in [1.29, 1.82) is 0 Å². The van der Waals surface area contributed by atoms with E-state index in [-0.39, 0.29) is 6.61 Å². The van der Waals surface area contributed by atoms with Crippen LogP contribution in [0.3, 0.4) is 0 Å². The van der Waals surface area contributed by atoms with Gasteiger partial charge >= 0.3 is 6.09 Å². The summed E-state index contributed by atoms with van der Waals surface area (Å²) in [6.07, 6.45) is -0.630. The van der Waals surface area contributed by atoms with Crippen molar-refractivity contribution in [3.05, 3.63) is 12.2 Å². The quantitative estimate of drug-likeness (QED) is 0.614. The topological polar surface area (TPSA) is 38.3 Å². The summed E-state index contributed by atoms with van der Waals surface area (Å²) in [7, 11) is 0. The molecule has 0 aromatic carbocycles. The van der Waals surface area contributed by atoms with Crippen LogP contribution in [-0.4, -0.2) is 23.0 Å². The molecule has 0 rings (SSSR count). The molecule has 0 saturated carbocycles. The number of hydrogen-bond acceptors (Lipinski definition) is 2. The van der Waals surface area contributed by atoms with Gasteiger partial charge in [-0.15, -0.1) is 0 Å². The standard InChI is InChI=1S/C7H10Cl3NO2/c1-5(2)3-11-6(12)13-4-7(8,9)10/h1,3-4H2,2H3,(H,11,12). The Morgan fingerprint density at radius 2 is 2.08 bits per heavy atom. The molecule has 0 radical (unpaired) electrons. The Balaban J connectivity index is 3.58. The van der Waals surface area contributed by atoms with E-state index < -0.39 is 9.89 Å². The number of carbonyl (C=O) groups is 1. The molecule has 0 spiro atoms. The third-order valence-corrected chi connectivity index (χ3v) is 1.23. The molecule has 0 aromatic rings. The molecule has 0 unspecified atom stereocenters. The summed E-state index contributed by atoms with van der Waals surface area (Å²) in [5, 5.41) is 2.42. The lowest BCUT2D eigenvalue weighted by atomic mass is 10.4. The second-order valence-corrected chi connectivity index (χ2v) is 5.02. The molecule has 13 heavy (non-hydrogen) atoms. The van der Waals surface area contributed by atoms with Gasteiger partial charge in [-0.3, -0.25) is 0 Å². The zero-order valence-corrected chi connectivity index (χ0v) is 9.34. The summed E-state index contributed by atoms with van der Waals surface area (Å²) in [6.45, 7) is 5.43. The number of alkyl carbamates (subject to hydrolysis) is 1. The normalized spacial score (nSPS) is 10.8. The predicted molar refractivity (Wildman–Crippen MR) is 54.5 cm³/mol. The van der Waals surface area contributed by atoms with Crippen molar-refractivity contribution in [2.75, 3.05) is 13.2 Å². The molecule has 1 N–H and O–H groups in total. The van der Waals surface area contributed by atoms with Crippen LogP contribution in [0.4, 0.5) is 4.79 Å². The summed E-state index contributed by atoms with van der Waals surface area (Å²) in [5.41, 5.74) is 0.811. The number of ether oxygens (including phenoxy) is 1. The molecule has 0 bridgehead atoms. The van der Waals surface area contributed by atoms with Gasteiger partial charge in [0, 0.05) is 6.54 Å². The lowest BCUT2D eigenvalue weighted by molar-refractivity contribution is 0.149. The summed E-state index contributed by atoms with van der Waals surface area (Å²) in [4.78, 5) is 10.8. The fraction of sp³-hybridized carbons (Fsp3) is 0.571. The third-order valence-electron chi connectivity index (χ3n) is 0.901. The van der Waals surface area contributed by atoms with Crippen LogP contribution in [0.2, 0.25) is 0 Å². The van der Waals surface area contributed by atoms with Crippen LogP contribution < -0.4 is 5.32 Å². The van der Waals surface area contributed by atoms with Crippen molar-refractivity contribution in [1.82, 2.24) is 5.32 Å². The van der Waals surface area contributed by atoms with Crippen LogP contribution in [0.15, 0.2) is 12.2 Å². The van der Waals surface area contributed by atoms with Crippen LogP contribution in [0.5, 0.6) is 0 Å². The average Bonchev–Trinajstić information content (AvgIpc) is 1.95. The first kappa shape index (κ1) is 12.9. The fourth-order valence-electron chi connectivity index (χ4n) is 0.421. The Kier molecular flexibility index (Phi) is 5.53. The number of alkyl halides is 3. The number of hydrogen-bond donors (Lipinski definition) is 1. The van der Waals surface area contributed by atoms with Gasteiger partial charge in [0.05, 0.1) is 0 Å². The van der Waals surface area contributed by atoms with Gasteiger partial charge in [0.2, 0.25) is 3.79 Å².